The first-order chi connectivity index (χ1) is 11.8. The van der Waals surface area contributed by atoms with Crippen LogP contribution in [0.2, 0.25) is 0 Å². The molecule has 0 aliphatic rings. The summed E-state index contributed by atoms with van der Waals surface area (Å²) in [4.78, 5) is 41.0. The number of hydrogen-bond acceptors (Lipinski definition) is 4. The Bertz CT molecular complexity index is 1070. The largest absolute Gasteiger partial charge is 0.332 e. The first kappa shape index (κ1) is 16.9. The van der Waals surface area contributed by atoms with Crippen molar-refractivity contribution in [1.29, 1.82) is 0 Å². The van der Waals surface area contributed by atoms with Crippen LogP contribution in [0.25, 0.3) is 11.2 Å². The predicted molar refractivity (Wildman–Crippen MR) is 95.1 cm³/mol. The van der Waals surface area contributed by atoms with Crippen LogP contribution in [-0.4, -0.2) is 24.5 Å². The normalized spacial score (nSPS) is 11.4. The SMILES string of the molecule is CC(C)c1ccc(C(=O)Cn2cnc3c2c(=O)n(C)c(=O)n3C)cc1. The second-order valence-electron chi connectivity index (χ2n) is 6.45. The monoisotopic (exact) mass is 340 g/mol. The van der Waals surface area contributed by atoms with Gasteiger partial charge < -0.3 is 4.57 Å². The van der Waals surface area contributed by atoms with E-state index in [0.29, 0.717) is 11.5 Å². The van der Waals surface area contributed by atoms with Crippen molar-refractivity contribution in [2.45, 2.75) is 26.3 Å². The molecule has 0 unspecified atom stereocenters. The van der Waals surface area contributed by atoms with E-state index in [0.717, 1.165) is 10.1 Å². The first-order valence-electron chi connectivity index (χ1n) is 8.05. The molecule has 25 heavy (non-hydrogen) atoms. The van der Waals surface area contributed by atoms with Crippen LogP contribution in [0.4, 0.5) is 0 Å². The minimum absolute atomic E-state index is 0.00896. The molecule has 0 aliphatic heterocycles. The second-order valence-corrected chi connectivity index (χ2v) is 6.45. The fourth-order valence-electron chi connectivity index (χ4n) is 2.82. The molecule has 0 N–H and O–H groups in total. The summed E-state index contributed by atoms with van der Waals surface area (Å²) in [6.07, 6.45) is 1.42. The van der Waals surface area contributed by atoms with Gasteiger partial charge in [-0.2, -0.15) is 0 Å². The number of benzene rings is 1. The summed E-state index contributed by atoms with van der Waals surface area (Å²) >= 11 is 0. The molecule has 7 nitrogen and oxygen atoms in total. The van der Waals surface area contributed by atoms with E-state index in [-0.39, 0.29) is 23.5 Å². The van der Waals surface area contributed by atoms with Gasteiger partial charge in [-0.05, 0) is 11.5 Å². The molecule has 130 valence electrons. The maximum atomic E-state index is 12.6. The van der Waals surface area contributed by atoms with Crippen molar-refractivity contribution < 1.29 is 4.79 Å². The standard InChI is InChI=1S/C18H20N4O3/c1-11(2)12-5-7-13(8-6-12)14(23)9-22-10-19-16-15(22)17(24)21(4)18(25)20(16)3/h5-8,10-11H,9H2,1-4H3. The number of carbonyl (C=O) groups excluding carboxylic acids is 1. The third kappa shape index (κ3) is 2.82. The molecule has 0 atom stereocenters. The number of carbonyl (C=O) groups is 1. The predicted octanol–water partition coefficient (Wildman–Crippen LogP) is 1.44. The second kappa shape index (κ2) is 6.16. The van der Waals surface area contributed by atoms with Gasteiger partial charge in [-0.1, -0.05) is 38.1 Å². The van der Waals surface area contributed by atoms with E-state index in [4.69, 9.17) is 0 Å². The molecule has 7 heteroatoms. The van der Waals surface area contributed by atoms with Gasteiger partial charge >= 0.3 is 5.69 Å². The summed E-state index contributed by atoms with van der Waals surface area (Å²) in [5.74, 6) is 0.275. The number of imidazole rings is 1. The molecule has 0 spiro atoms. The summed E-state index contributed by atoms with van der Waals surface area (Å²) in [6.45, 7) is 4.17. The Morgan fingerprint density at radius 1 is 1.08 bits per heavy atom. The number of aryl methyl sites for hydroxylation is 1. The van der Waals surface area contributed by atoms with Crippen LogP contribution in [0.5, 0.6) is 0 Å². The summed E-state index contributed by atoms with van der Waals surface area (Å²) in [6, 6.07) is 7.47. The van der Waals surface area contributed by atoms with Gasteiger partial charge in [-0.15, -0.1) is 0 Å². The highest BCUT2D eigenvalue weighted by Crippen LogP contribution is 2.15. The van der Waals surface area contributed by atoms with Crippen molar-refractivity contribution in [3.63, 3.8) is 0 Å². The maximum absolute atomic E-state index is 12.6. The molecule has 2 aromatic heterocycles. The van der Waals surface area contributed by atoms with Crippen LogP contribution >= 0.6 is 0 Å². The van der Waals surface area contributed by atoms with Crippen LogP contribution in [-0.2, 0) is 20.6 Å². The van der Waals surface area contributed by atoms with Gasteiger partial charge in [0.2, 0.25) is 0 Å². The molecule has 3 aromatic rings. The summed E-state index contributed by atoms with van der Waals surface area (Å²) in [5, 5.41) is 0. The van der Waals surface area contributed by atoms with Crippen molar-refractivity contribution in [3.05, 3.63) is 62.6 Å². The van der Waals surface area contributed by atoms with E-state index in [9.17, 15) is 14.4 Å². The number of hydrogen-bond donors (Lipinski definition) is 0. The van der Waals surface area contributed by atoms with Gasteiger partial charge in [0.1, 0.15) is 0 Å². The van der Waals surface area contributed by atoms with Gasteiger partial charge in [0.25, 0.3) is 5.56 Å². The third-order valence-corrected chi connectivity index (χ3v) is 4.43. The molecular weight excluding hydrogens is 320 g/mol. The highest BCUT2D eigenvalue weighted by molar-refractivity contribution is 5.96. The lowest BCUT2D eigenvalue weighted by atomic mass is 10.0. The average Bonchev–Trinajstić information content (AvgIpc) is 3.01. The molecule has 0 bridgehead atoms. The van der Waals surface area contributed by atoms with Crippen molar-refractivity contribution in [2.24, 2.45) is 14.1 Å². The zero-order valence-corrected chi connectivity index (χ0v) is 14.7. The fraction of sp³-hybridized carbons (Fsp3) is 0.333. The van der Waals surface area contributed by atoms with E-state index in [1.165, 1.54) is 22.5 Å². The Kier molecular flexibility index (Phi) is 4.16. The Morgan fingerprint density at radius 3 is 2.32 bits per heavy atom. The molecule has 3 rings (SSSR count). The van der Waals surface area contributed by atoms with E-state index >= 15 is 0 Å². The zero-order chi connectivity index (χ0) is 18.3. The van der Waals surface area contributed by atoms with Crippen LogP contribution < -0.4 is 11.2 Å². The van der Waals surface area contributed by atoms with E-state index < -0.39 is 11.2 Å². The van der Waals surface area contributed by atoms with E-state index in [1.807, 2.05) is 12.1 Å². The molecule has 0 saturated heterocycles. The quantitative estimate of drug-likeness (QED) is 0.673. The summed E-state index contributed by atoms with van der Waals surface area (Å²) in [5.41, 5.74) is 1.35. The van der Waals surface area contributed by atoms with Gasteiger partial charge in [0, 0.05) is 19.7 Å². The number of aromatic nitrogens is 4. The lowest BCUT2D eigenvalue weighted by Gasteiger charge is -2.08. The van der Waals surface area contributed by atoms with Gasteiger partial charge in [-0.25, -0.2) is 9.78 Å². The number of ketones is 1. The van der Waals surface area contributed by atoms with Gasteiger partial charge in [0.15, 0.2) is 16.9 Å². The molecule has 2 heterocycles. The van der Waals surface area contributed by atoms with Crippen LogP contribution in [0.1, 0.15) is 35.7 Å². The summed E-state index contributed by atoms with van der Waals surface area (Å²) in [7, 11) is 2.96. The number of fused-ring (bicyclic) bond motifs is 1. The molecule has 0 amide bonds. The fourth-order valence-corrected chi connectivity index (χ4v) is 2.82. The minimum atomic E-state index is -0.460. The van der Waals surface area contributed by atoms with Crippen LogP contribution in [0.3, 0.4) is 0 Å². The average molecular weight is 340 g/mol. The highest BCUT2D eigenvalue weighted by Gasteiger charge is 2.16. The van der Waals surface area contributed by atoms with E-state index in [1.54, 1.807) is 19.2 Å². The van der Waals surface area contributed by atoms with Crippen molar-refractivity contribution in [1.82, 2.24) is 18.7 Å². The lowest BCUT2D eigenvalue weighted by Crippen LogP contribution is -2.37. The van der Waals surface area contributed by atoms with Gasteiger partial charge in [-0.3, -0.25) is 18.7 Å². The van der Waals surface area contributed by atoms with Gasteiger partial charge in [0.05, 0.1) is 12.9 Å². The molecule has 0 aliphatic carbocycles. The van der Waals surface area contributed by atoms with Crippen LogP contribution in [0.15, 0.2) is 40.2 Å². The highest BCUT2D eigenvalue weighted by atomic mass is 16.2. The molecule has 0 fully saturated rings. The summed E-state index contributed by atoms with van der Waals surface area (Å²) < 4.78 is 3.81. The smallest absolute Gasteiger partial charge is 0.317 e. The Hall–Kier alpha value is -2.96. The molecule has 0 saturated carbocycles. The number of nitrogens with zero attached hydrogens (tertiary/aromatic N) is 4. The first-order valence-corrected chi connectivity index (χ1v) is 8.05. The topological polar surface area (TPSA) is 78.9 Å². The minimum Gasteiger partial charge on any atom is -0.317 e. The lowest BCUT2D eigenvalue weighted by molar-refractivity contribution is 0.0973. The number of Topliss-reactive ketones (excluding diaryl/α,β-unsaturated/α-hetero) is 1. The molecular formula is C18H20N4O3. The van der Waals surface area contributed by atoms with Crippen molar-refractivity contribution in [2.75, 3.05) is 0 Å². The van der Waals surface area contributed by atoms with Crippen LogP contribution in [0, 0.1) is 0 Å². The maximum Gasteiger partial charge on any atom is 0.332 e. The third-order valence-electron chi connectivity index (χ3n) is 4.43. The Labute approximate surface area is 144 Å². The molecule has 0 radical (unpaired) electrons. The Balaban J connectivity index is 2.00. The van der Waals surface area contributed by atoms with Crippen molar-refractivity contribution in [3.8, 4) is 0 Å². The Morgan fingerprint density at radius 2 is 1.72 bits per heavy atom. The van der Waals surface area contributed by atoms with E-state index in [2.05, 4.69) is 18.8 Å². The van der Waals surface area contributed by atoms with Crippen molar-refractivity contribution >= 4 is 16.9 Å². The number of rotatable bonds is 4. The molecule has 1 aromatic carbocycles. The zero-order valence-electron chi connectivity index (χ0n) is 14.7.